The van der Waals surface area contributed by atoms with Gasteiger partial charge in [0.25, 0.3) is 0 Å². The summed E-state index contributed by atoms with van der Waals surface area (Å²) in [6.45, 7) is 2.16. The predicted octanol–water partition coefficient (Wildman–Crippen LogP) is 4.53. The molecule has 4 heteroatoms. The van der Waals surface area contributed by atoms with E-state index in [1.165, 1.54) is 24.9 Å². The number of hydrogen-bond donors (Lipinski definition) is 1. The number of halogens is 1. The highest BCUT2D eigenvalue weighted by Gasteiger charge is 2.21. The topological polar surface area (TPSA) is 12.0 Å². The average molecular weight is 354 g/mol. The molecular weight excluding hydrogens is 338 g/mol. The minimum Gasteiger partial charge on any atom is -0.316 e. The molecule has 1 atom stereocenters. The largest absolute Gasteiger partial charge is 0.316 e. The summed E-state index contributed by atoms with van der Waals surface area (Å²) >= 11 is 7.33. The highest BCUT2D eigenvalue weighted by Crippen LogP contribution is 2.38. The fraction of sp³-hybridized carbons (Fsp3) is 0.333. The number of thiophene rings is 1. The van der Waals surface area contributed by atoms with E-state index in [-0.39, 0.29) is 0 Å². The zero-order valence-corrected chi connectivity index (χ0v) is 13.8. The van der Waals surface area contributed by atoms with E-state index in [0.29, 0.717) is 5.92 Å². The van der Waals surface area contributed by atoms with E-state index >= 15 is 0 Å². The van der Waals surface area contributed by atoms with Crippen LogP contribution < -0.4 is 5.32 Å². The van der Waals surface area contributed by atoms with Crippen molar-refractivity contribution in [1.29, 1.82) is 0 Å². The van der Waals surface area contributed by atoms with E-state index in [1.807, 2.05) is 23.1 Å². The Hall–Kier alpha value is -0.290. The lowest BCUT2D eigenvalue weighted by Crippen LogP contribution is -2.23. The average Bonchev–Trinajstić information content (AvgIpc) is 3.02. The molecule has 1 unspecified atom stereocenters. The van der Waals surface area contributed by atoms with Gasteiger partial charge in [0.1, 0.15) is 0 Å². The van der Waals surface area contributed by atoms with Crippen molar-refractivity contribution in [2.45, 2.75) is 17.2 Å². The molecule has 0 saturated heterocycles. The normalized spacial score (nSPS) is 17.6. The molecule has 1 aromatic carbocycles. The molecule has 1 aliphatic rings. The van der Waals surface area contributed by atoms with Crippen LogP contribution in [0, 0.1) is 0 Å². The first-order chi connectivity index (χ1) is 9.33. The van der Waals surface area contributed by atoms with Crippen LogP contribution in [0.4, 0.5) is 0 Å². The van der Waals surface area contributed by atoms with Crippen LogP contribution in [-0.2, 0) is 6.42 Å². The van der Waals surface area contributed by atoms with Crippen LogP contribution in [0.2, 0.25) is 0 Å². The van der Waals surface area contributed by atoms with E-state index in [1.54, 1.807) is 0 Å². The third kappa shape index (κ3) is 3.43. The van der Waals surface area contributed by atoms with E-state index in [2.05, 4.69) is 57.6 Å². The van der Waals surface area contributed by atoms with Crippen LogP contribution in [0.5, 0.6) is 0 Å². The van der Waals surface area contributed by atoms with Gasteiger partial charge in [-0.05, 0) is 52.7 Å². The lowest BCUT2D eigenvalue weighted by Gasteiger charge is -2.11. The SMILES string of the molecule is Brc1ccc(CCNCC2CSc3ccccc32)s1. The Morgan fingerprint density at radius 3 is 2.95 bits per heavy atom. The quantitative estimate of drug-likeness (QED) is 0.792. The molecule has 1 aliphatic heterocycles. The Balaban J connectivity index is 1.46. The maximum absolute atomic E-state index is 3.60. The maximum Gasteiger partial charge on any atom is 0.0701 e. The highest BCUT2D eigenvalue weighted by molar-refractivity contribution is 9.11. The minimum absolute atomic E-state index is 0.677. The minimum atomic E-state index is 0.677. The van der Waals surface area contributed by atoms with Gasteiger partial charge in [0.2, 0.25) is 0 Å². The van der Waals surface area contributed by atoms with E-state index in [4.69, 9.17) is 0 Å². The van der Waals surface area contributed by atoms with E-state index in [9.17, 15) is 0 Å². The fourth-order valence-electron chi connectivity index (χ4n) is 2.37. The van der Waals surface area contributed by atoms with Crippen molar-refractivity contribution >= 4 is 39.0 Å². The Labute approximate surface area is 130 Å². The summed E-state index contributed by atoms with van der Waals surface area (Å²) in [5, 5.41) is 3.60. The van der Waals surface area contributed by atoms with Crippen LogP contribution >= 0.6 is 39.0 Å². The number of fused-ring (bicyclic) bond motifs is 1. The van der Waals surface area contributed by atoms with Crippen molar-refractivity contribution in [3.05, 3.63) is 50.6 Å². The Kier molecular flexibility index (Phi) is 4.64. The van der Waals surface area contributed by atoms with Crippen molar-refractivity contribution in [3.8, 4) is 0 Å². The lowest BCUT2D eigenvalue weighted by atomic mass is 10.0. The van der Waals surface area contributed by atoms with Crippen molar-refractivity contribution in [3.63, 3.8) is 0 Å². The summed E-state index contributed by atoms with van der Waals surface area (Å²) in [5.74, 6) is 1.90. The summed E-state index contributed by atoms with van der Waals surface area (Å²) in [7, 11) is 0. The monoisotopic (exact) mass is 353 g/mol. The molecule has 1 nitrogen and oxygen atoms in total. The number of benzene rings is 1. The Morgan fingerprint density at radius 1 is 1.21 bits per heavy atom. The molecule has 2 heterocycles. The second kappa shape index (κ2) is 6.44. The van der Waals surface area contributed by atoms with Gasteiger partial charge in [-0.15, -0.1) is 23.1 Å². The smallest absolute Gasteiger partial charge is 0.0701 e. The van der Waals surface area contributed by atoms with E-state index < -0.39 is 0 Å². The summed E-state index contributed by atoms with van der Waals surface area (Å²) in [5.41, 5.74) is 1.53. The van der Waals surface area contributed by atoms with Crippen molar-refractivity contribution < 1.29 is 0 Å². The summed E-state index contributed by atoms with van der Waals surface area (Å²) in [4.78, 5) is 2.91. The number of thioether (sulfide) groups is 1. The Morgan fingerprint density at radius 2 is 2.11 bits per heavy atom. The summed E-state index contributed by atoms with van der Waals surface area (Å²) < 4.78 is 1.23. The molecule has 100 valence electrons. The van der Waals surface area contributed by atoms with Crippen LogP contribution in [0.1, 0.15) is 16.4 Å². The molecule has 0 aliphatic carbocycles. The van der Waals surface area contributed by atoms with Crippen molar-refractivity contribution in [2.75, 3.05) is 18.8 Å². The van der Waals surface area contributed by atoms with Gasteiger partial charge in [-0.3, -0.25) is 0 Å². The van der Waals surface area contributed by atoms with Gasteiger partial charge >= 0.3 is 0 Å². The highest BCUT2D eigenvalue weighted by atomic mass is 79.9. The fourth-order valence-corrected chi connectivity index (χ4v) is 5.11. The predicted molar refractivity (Wildman–Crippen MR) is 88.5 cm³/mol. The third-order valence-electron chi connectivity index (χ3n) is 3.37. The first kappa shape index (κ1) is 13.7. The maximum atomic E-state index is 3.60. The van der Waals surface area contributed by atoms with Gasteiger partial charge < -0.3 is 5.32 Å². The molecule has 2 aromatic rings. The summed E-state index contributed by atoms with van der Waals surface area (Å²) in [6, 6.07) is 13.1. The molecule has 1 N–H and O–H groups in total. The van der Waals surface area contributed by atoms with E-state index in [0.717, 1.165) is 19.5 Å². The molecular formula is C15H16BrNS2. The lowest BCUT2D eigenvalue weighted by molar-refractivity contribution is 0.623. The van der Waals surface area contributed by atoms with Gasteiger partial charge in [0.15, 0.2) is 0 Å². The van der Waals surface area contributed by atoms with Crippen LogP contribution in [0.3, 0.4) is 0 Å². The molecule has 1 aromatic heterocycles. The van der Waals surface area contributed by atoms with Gasteiger partial charge in [0.05, 0.1) is 3.79 Å². The molecule has 0 fully saturated rings. The van der Waals surface area contributed by atoms with Crippen molar-refractivity contribution in [1.82, 2.24) is 5.32 Å². The molecule has 3 rings (SSSR count). The van der Waals surface area contributed by atoms with Gasteiger partial charge in [-0.2, -0.15) is 0 Å². The van der Waals surface area contributed by atoms with Gasteiger partial charge in [-0.1, -0.05) is 18.2 Å². The second-order valence-corrected chi connectivity index (χ2v) is 8.32. The first-order valence-corrected chi connectivity index (χ1v) is 9.09. The number of hydrogen-bond acceptors (Lipinski definition) is 3. The summed E-state index contributed by atoms with van der Waals surface area (Å²) in [6.07, 6.45) is 1.12. The van der Waals surface area contributed by atoms with Crippen molar-refractivity contribution in [2.24, 2.45) is 0 Å². The van der Waals surface area contributed by atoms with Gasteiger partial charge in [0, 0.05) is 28.0 Å². The Bertz CT molecular complexity index is 553. The standard InChI is InChI=1S/C15H16BrNS2/c16-15-6-5-12(19-15)7-8-17-9-11-10-18-14-4-2-1-3-13(11)14/h1-6,11,17H,7-10H2. The first-order valence-electron chi connectivity index (χ1n) is 6.49. The molecule has 0 bridgehead atoms. The number of nitrogens with one attached hydrogen (secondary N) is 1. The third-order valence-corrected chi connectivity index (χ3v) is 6.30. The molecule has 0 spiro atoms. The van der Waals surface area contributed by atoms with Gasteiger partial charge in [-0.25, -0.2) is 0 Å². The zero-order chi connectivity index (χ0) is 13.1. The van der Waals surface area contributed by atoms with Crippen LogP contribution in [0.15, 0.2) is 45.1 Å². The second-order valence-electron chi connectivity index (χ2n) is 4.71. The van der Waals surface area contributed by atoms with Crippen LogP contribution in [-0.4, -0.2) is 18.8 Å². The van der Waals surface area contributed by atoms with Crippen LogP contribution in [0.25, 0.3) is 0 Å². The molecule has 0 saturated carbocycles. The number of rotatable bonds is 5. The molecule has 19 heavy (non-hydrogen) atoms. The molecule has 0 amide bonds. The zero-order valence-electron chi connectivity index (χ0n) is 10.6. The molecule has 0 radical (unpaired) electrons.